The molecule has 78 valence electrons. The van der Waals surface area contributed by atoms with Crippen LogP contribution in [0.15, 0.2) is 36.7 Å². The van der Waals surface area contributed by atoms with Gasteiger partial charge in [0.15, 0.2) is 0 Å². The van der Waals surface area contributed by atoms with Crippen LogP contribution < -0.4 is 0 Å². The van der Waals surface area contributed by atoms with Crippen LogP contribution in [0.1, 0.15) is 31.7 Å². The highest BCUT2D eigenvalue weighted by atomic mass is 14.6. The lowest BCUT2D eigenvalue weighted by molar-refractivity contribution is 0.719. The van der Waals surface area contributed by atoms with Crippen LogP contribution in [-0.2, 0) is 6.42 Å². The molecule has 1 nitrogen and oxygen atoms in total. The highest BCUT2D eigenvalue weighted by Gasteiger charge is 1.99. The van der Waals surface area contributed by atoms with E-state index < -0.39 is 0 Å². The molecule has 1 aromatic carbocycles. The van der Waals surface area contributed by atoms with Crippen LogP contribution in [0.4, 0.5) is 0 Å². The molecule has 0 fully saturated rings. The predicted octanol–water partition coefficient (Wildman–Crippen LogP) is 3.97. The fourth-order valence-corrected chi connectivity index (χ4v) is 1.97. The highest BCUT2D eigenvalue weighted by molar-refractivity contribution is 5.84. The van der Waals surface area contributed by atoms with Crippen LogP contribution in [0.2, 0.25) is 0 Å². The molecule has 0 aliphatic rings. The minimum atomic E-state index is 1.19. The topological polar surface area (TPSA) is 12.9 Å². The highest BCUT2D eigenvalue weighted by Crippen LogP contribution is 2.19. The third-order valence-electron chi connectivity index (χ3n) is 2.82. The smallest absolute Gasteiger partial charge is 0.0346 e. The Labute approximate surface area is 91.2 Å². The second kappa shape index (κ2) is 4.92. The molecule has 0 spiro atoms. The van der Waals surface area contributed by atoms with Gasteiger partial charge in [0.25, 0.3) is 0 Å². The van der Waals surface area contributed by atoms with Crippen molar-refractivity contribution >= 4 is 10.8 Å². The van der Waals surface area contributed by atoms with Crippen LogP contribution in [0.5, 0.6) is 0 Å². The lowest BCUT2D eigenvalue weighted by atomic mass is 10.0. The van der Waals surface area contributed by atoms with Crippen molar-refractivity contribution in [2.24, 2.45) is 0 Å². The van der Waals surface area contributed by atoms with Gasteiger partial charge in [-0.05, 0) is 29.9 Å². The maximum absolute atomic E-state index is 4.15. The maximum Gasteiger partial charge on any atom is 0.0346 e. The molecule has 0 unspecified atom stereocenters. The number of pyridine rings is 1. The number of fused-ring (bicyclic) bond motifs is 1. The van der Waals surface area contributed by atoms with Crippen molar-refractivity contribution in [3.63, 3.8) is 0 Å². The minimum absolute atomic E-state index is 1.19. The van der Waals surface area contributed by atoms with Crippen LogP contribution in [-0.4, -0.2) is 4.98 Å². The van der Waals surface area contributed by atoms with Gasteiger partial charge in [0.1, 0.15) is 0 Å². The third-order valence-corrected chi connectivity index (χ3v) is 2.82. The molecule has 1 aromatic heterocycles. The SMILES string of the molecule is CCCCCc1cccc2cnccc12. The monoisotopic (exact) mass is 199 g/mol. The van der Waals surface area contributed by atoms with Crippen molar-refractivity contribution < 1.29 is 0 Å². The van der Waals surface area contributed by atoms with Crippen LogP contribution in [0.3, 0.4) is 0 Å². The summed E-state index contributed by atoms with van der Waals surface area (Å²) in [5.41, 5.74) is 1.46. The standard InChI is InChI=1S/C14H17N/c1-2-3-4-6-12-7-5-8-13-11-15-10-9-14(12)13/h5,7-11H,2-4,6H2,1H3. The number of benzene rings is 1. The Hall–Kier alpha value is -1.37. The zero-order valence-corrected chi connectivity index (χ0v) is 9.24. The molecule has 0 aliphatic carbocycles. The van der Waals surface area contributed by atoms with Gasteiger partial charge in [0.2, 0.25) is 0 Å². The second-order valence-corrected chi connectivity index (χ2v) is 3.97. The number of hydrogen-bond acceptors (Lipinski definition) is 1. The quantitative estimate of drug-likeness (QED) is 0.679. The fraction of sp³-hybridized carbons (Fsp3) is 0.357. The summed E-state index contributed by atoms with van der Waals surface area (Å²) in [6.45, 7) is 2.24. The van der Waals surface area contributed by atoms with Crippen molar-refractivity contribution in [1.82, 2.24) is 4.98 Å². The third kappa shape index (κ3) is 2.35. The lowest BCUT2D eigenvalue weighted by Gasteiger charge is -2.05. The van der Waals surface area contributed by atoms with E-state index in [0.717, 1.165) is 0 Å². The summed E-state index contributed by atoms with van der Waals surface area (Å²) in [7, 11) is 0. The Morgan fingerprint density at radius 2 is 2.07 bits per heavy atom. The summed E-state index contributed by atoms with van der Waals surface area (Å²) in [4.78, 5) is 4.15. The van der Waals surface area contributed by atoms with E-state index in [1.165, 1.54) is 42.0 Å². The Balaban J connectivity index is 2.26. The molecule has 1 heteroatoms. The summed E-state index contributed by atoms with van der Waals surface area (Å²) in [5, 5.41) is 2.62. The number of hydrogen-bond donors (Lipinski definition) is 0. The number of aromatic nitrogens is 1. The van der Waals surface area contributed by atoms with Crippen molar-refractivity contribution in [2.45, 2.75) is 32.6 Å². The average molecular weight is 199 g/mol. The van der Waals surface area contributed by atoms with Gasteiger partial charge >= 0.3 is 0 Å². The minimum Gasteiger partial charge on any atom is -0.264 e. The summed E-state index contributed by atoms with van der Waals surface area (Å²) >= 11 is 0. The zero-order chi connectivity index (χ0) is 10.5. The van der Waals surface area contributed by atoms with E-state index in [9.17, 15) is 0 Å². The fourth-order valence-electron chi connectivity index (χ4n) is 1.97. The van der Waals surface area contributed by atoms with Crippen molar-refractivity contribution in [3.8, 4) is 0 Å². The summed E-state index contributed by atoms with van der Waals surface area (Å²) in [6, 6.07) is 8.62. The second-order valence-electron chi connectivity index (χ2n) is 3.97. The molecule has 0 radical (unpaired) electrons. The van der Waals surface area contributed by atoms with Gasteiger partial charge in [-0.25, -0.2) is 0 Å². The number of unbranched alkanes of at least 4 members (excludes halogenated alkanes) is 2. The molecule has 0 N–H and O–H groups in total. The van der Waals surface area contributed by atoms with Crippen LogP contribution >= 0.6 is 0 Å². The molecule has 2 rings (SSSR count). The van der Waals surface area contributed by atoms with E-state index >= 15 is 0 Å². The summed E-state index contributed by atoms with van der Waals surface area (Å²) in [5.74, 6) is 0. The van der Waals surface area contributed by atoms with Gasteiger partial charge in [-0.15, -0.1) is 0 Å². The maximum atomic E-state index is 4.15. The first-order chi connectivity index (χ1) is 7.42. The number of rotatable bonds is 4. The van der Waals surface area contributed by atoms with Crippen molar-refractivity contribution in [1.29, 1.82) is 0 Å². The van der Waals surface area contributed by atoms with E-state index in [1.807, 2.05) is 12.4 Å². The van der Waals surface area contributed by atoms with E-state index in [2.05, 4.69) is 36.2 Å². The largest absolute Gasteiger partial charge is 0.264 e. The van der Waals surface area contributed by atoms with Gasteiger partial charge in [-0.3, -0.25) is 4.98 Å². The first-order valence-electron chi connectivity index (χ1n) is 5.73. The normalized spacial score (nSPS) is 10.7. The Bertz CT molecular complexity index is 429. The predicted molar refractivity (Wildman–Crippen MR) is 65.0 cm³/mol. The molecule has 0 atom stereocenters. The summed E-state index contributed by atoms with van der Waals surface area (Å²) in [6.07, 6.45) is 8.91. The first kappa shape index (κ1) is 10.2. The van der Waals surface area contributed by atoms with Crippen LogP contribution in [0, 0.1) is 0 Å². The Morgan fingerprint density at radius 3 is 2.93 bits per heavy atom. The molecule has 0 aliphatic heterocycles. The Morgan fingerprint density at radius 1 is 1.13 bits per heavy atom. The number of aryl methyl sites for hydroxylation is 1. The van der Waals surface area contributed by atoms with Gasteiger partial charge in [-0.2, -0.15) is 0 Å². The molecule has 0 saturated carbocycles. The van der Waals surface area contributed by atoms with Crippen molar-refractivity contribution in [2.75, 3.05) is 0 Å². The lowest BCUT2D eigenvalue weighted by Crippen LogP contribution is -1.88. The molecular weight excluding hydrogens is 182 g/mol. The van der Waals surface area contributed by atoms with Gasteiger partial charge in [0, 0.05) is 17.8 Å². The Kier molecular flexibility index (Phi) is 3.33. The van der Waals surface area contributed by atoms with Crippen molar-refractivity contribution in [3.05, 3.63) is 42.2 Å². The van der Waals surface area contributed by atoms with E-state index in [0.29, 0.717) is 0 Å². The summed E-state index contributed by atoms with van der Waals surface area (Å²) < 4.78 is 0. The van der Waals surface area contributed by atoms with E-state index in [-0.39, 0.29) is 0 Å². The zero-order valence-electron chi connectivity index (χ0n) is 9.24. The van der Waals surface area contributed by atoms with Gasteiger partial charge in [-0.1, -0.05) is 38.0 Å². The van der Waals surface area contributed by atoms with Crippen LogP contribution in [0.25, 0.3) is 10.8 Å². The van der Waals surface area contributed by atoms with Gasteiger partial charge in [0.05, 0.1) is 0 Å². The molecular formula is C14H17N. The first-order valence-corrected chi connectivity index (χ1v) is 5.73. The molecule has 0 bridgehead atoms. The van der Waals surface area contributed by atoms with E-state index in [1.54, 1.807) is 0 Å². The number of nitrogens with zero attached hydrogens (tertiary/aromatic N) is 1. The van der Waals surface area contributed by atoms with E-state index in [4.69, 9.17) is 0 Å². The molecule has 2 aromatic rings. The average Bonchev–Trinajstić information content (AvgIpc) is 2.30. The van der Waals surface area contributed by atoms with Gasteiger partial charge < -0.3 is 0 Å². The molecule has 0 amide bonds. The molecule has 15 heavy (non-hydrogen) atoms. The molecule has 1 heterocycles. The molecule has 0 saturated heterocycles.